The van der Waals surface area contributed by atoms with Crippen LogP contribution in [-0.2, 0) is 27.5 Å². The predicted molar refractivity (Wildman–Crippen MR) is 101 cm³/mol. The van der Waals surface area contributed by atoms with Gasteiger partial charge < -0.3 is 0 Å². The highest BCUT2D eigenvalue weighted by atomic mass is 32.2. The molecule has 0 bridgehead atoms. The lowest BCUT2D eigenvalue weighted by atomic mass is 10.1. The fourth-order valence-corrected chi connectivity index (χ4v) is 4.38. The van der Waals surface area contributed by atoms with Gasteiger partial charge in [0.05, 0.1) is 21.8 Å². The van der Waals surface area contributed by atoms with Crippen molar-refractivity contribution in [3.05, 3.63) is 66.2 Å². The Bertz CT molecular complexity index is 1160. The van der Waals surface area contributed by atoms with Gasteiger partial charge in [0.1, 0.15) is 0 Å². The van der Waals surface area contributed by atoms with Gasteiger partial charge in [-0.15, -0.1) is 0 Å². The summed E-state index contributed by atoms with van der Waals surface area (Å²) in [5, 5.41) is 0.750. The van der Waals surface area contributed by atoms with E-state index in [1.54, 1.807) is 18.2 Å². The second kappa shape index (κ2) is 7.41. The van der Waals surface area contributed by atoms with E-state index in [1.807, 2.05) is 0 Å². The van der Waals surface area contributed by atoms with Gasteiger partial charge in [0, 0.05) is 10.8 Å². The normalized spacial score (nSPS) is 13.3. The summed E-state index contributed by atoms with van der Waals surface area (Å²) in [6, 6.07) is 12.9. The van der Waals surface area contributed by atoms with Crippen LogP contribution in [-0.4, -0.2) is 17.2 Å². The molecule has 6 nitrogen and oxygen atoms in total. The van der Waals surface area contributed by atoms with E-state index in [4.69, 9.17) is 4.55 Å². The quantitative estimate of drug-likeness (QED) is 0.529. The maximum absolute atomic E-state index is 13.2. The van der Waals surface area contributed by atoms with E-state index in [0.717, 1.165) is 12.1 Å². The minimum atomic E-state index is -4.84. The monoisotopic (exact) mass is 430 g/mol. The van der Waals surface area contributed by atoms with E-state index in [9.17, 15) is 25.8 Å². The van der Waals surface area contributed by atoms with Crippen LogP contribution in [0.3, 0.4) is 0 Å². The molecule has 0 aliphatic carbocycles. The van der Waals surface area contributed by atoms with Crippen LogP contribution >= 0.6 is 0 Å². The molecule has 1 atom stereocenters. The molecule has 148 valence electrons. The number of halogens is 3. The summed E-state index contributed by atoms with van der Waals surface area (Å²) in [6.45, 7) is 0. The van der Waals surface area contributed by atoms with Gasteiger partial charge in [-0.3, -0.25) is 14.0 Å². The Kier molecular flexibility index (Phi) is 5.33. The van der Waals surface area contributed by atoms with Crippen molar-refractivity contribution in [3.8, 4) is 0 Å². The van der Waals surface area contributed by atoms with Gasteiger partial charge >= 0.3 is 6.18 Å². The van der Waals surface area contributed by atoms with E-state index >= 15 is 0 Å². The van der Waals surface area contributed by atoms with Gasteiger partial charge in [0.2, 0.25) is 0 Å². The molecule has 0 saturated carbocycles. The van der Waals surface area contributed by atoms with Crippen LogP contribution in [0.1, 0.15) is 5.56 Å². The smallest absolute Gasteiger partial charge is 0.289 e. The van der Waals surface area contributed by atoms with Gasteiger partial charge in [-0.05, 0) is 24.3 Å². The maximum atomic E-state index is 13.2. The van der Waals surface area contributed by atoms with Crippen LogP contribution in [0.4, 0.5) is 24.5 Å². The standard InChI is InChI=1S/C17H13F3N2O4S2/c18-17(19,20)13-7-3-4-8-16(13)28(25,26)22-15-10-9-14(21-27(23)24)11-5-1-2-6-12(11)15/h1-10,21-22H,(H,23,24). The van der Waals surface area contributed by atoms with Crippen molar-refractivity contribution in [2.24, 2.45) is 0 Å². The number of fused-ring (bicyclic) bond motifs is 1. The molecular formula is C17H13F3N2O4S2. The fourth-order valence-electron chi connectivity index (χ4n) is 2.71. The molecule has 3 rings (SSSR count). The van der Waals surface area contributed by atoms with Crippen LogP contribution in [0.25, 0.3) is 10.8 Å². The minimum absolute atomic E-state index is 0.0295. The highest BCUT2D eigenvalue weighted by Crippen LogP contribution is 2.36. The Labute approximate surface area is 160 Å². The third-order valence-electron chi connectivity index (χ3n) is 3.85. The molecule has 0 aliphatic rings. The first-order valence-corrected chi connectivity index (χ1v) is 10.3. The van der Waals surface area contributed by atoms with Gasteiger partial charge in [0.15, 0.2) is 0 Å². The minimum Gasteiger partial charge on any atom is -0.289 e. The Morgan fingerprint density at radius 3 is 2.00 bits per heavy atom. The molecule has 3 N–H and O–H groups in total. The third-order valence-corrected chi connectivity index (χ3v) is 5.67. The number of sulfonamides is 1. The number of hydrogen-bond donors (Lipinski definition) is 3. The molecule has 0 amide bonds. The average Bonchev–Trinajstić information content (AvgIpc) is 2.62. The van der Waals surface area contributed by atoms with Crippen molar-refractivity contribution < 1.29 is 30.4 Å². The van der Waals surface area contributed by atoms with Crippen molar-refractivity contribution in [3.63, 3.8) is 0 Å². The average molecular weight is 430 g/mol. The molecule has 1 unspecified atom stereocenters. The summed E-state index contributed by atoms with van der Waals surface area (Å²) in [6.07, 6.45) is -4.84. The van der Waals surface area contributed by atoms with E-state index in [1.165, 1.54) is 24.3 Å². The summed E-state index contributed by atoms with van der Waals surface area (Å²) >= 11 is -2.35. The Morgan fingerprint density at radius 2 is 1.39 bits per heavy atom. The summed E-state index contributed by atoms with van der Waals surface area (Å²) in [4.78, 5) is -0.898. The van der Waals surface area contributed by atoms with E-state index in [-0.39, 0.29) is 11.4 Å². The van der Waals surface area contributed by atoms with Crippen LogP contribution in [0.15, 0.2) is 65.6 Å². The molecule has 0 aliphatic heterocycles. The lowest BCUT2D eigenvalue weighted by molar-refractivity contribution is -0.139. The molecule has 0 spiro atoms. The third kappa shape index (κ3) is 4.11. The van der Waals surface area contributed by atoms with Crippen molar-refractivity contribution in [1.29, 1.82) is 0 Å². The molecular weight excluding hydrogens is 417 g/mol. The second-order valence-electron chi connectivity index (χ2n) is 5.66. The first kappa shape index (κ1) is 20.1. The zero-order chi connectivity index (χ0) is 20.5. The molecule has 0 heterocycles. The number of anilines is 2. The lowest BCUT2D eigenvalue weighted by Crippen LogP contribution is -2.19. The number of benzene rings is 3. The Hall–Kier alpha value is -2.63. The molecule has 0 saturated heterocycles. The zero-order valence-electron chi connectivity index (χ0n) is 13.9. The number of hydrogen-bond acceptors (Lipinski definition) is 3. The first-order chi connectivity index (χ1) is 13.1. The summed E-state index contributed by atoms with van der Waals surface area (Å²) in [7, 11) is -4.55. The largest absolute Gasteiger partial charge is 0.417 e. The highest BCUT2D eigenvalue weighted by molar-refractivity contribution is 7.92. The fraction of sp³-hybridized carbons (Fsp3) is 0.0588. The molecule has 0 aromatic heterocycles. The second-order valence-corrected chi connectivity index (χ2v) is 8.01. The maximum Gasteiger partial charge on any atom is 0.417 e. The summed E-state index contributed by atoms with van der Waals surface area (Å²) in [5.74, 6) is 0. The molecule has 3 aromatic carbocycles. The van der Waals surface area contributed by atoms with Crippen LogP contribution in [0, 0.1) is 0 Å². The molecule has 28 heavy (non-hydrogen) atoms. The number of alkyl halides is 3. The van der Waals surface area contributed by atoms with Crippen molar-refractivity contribution >= 4 is 43.4 Å². The van der Waals surface area contributed by atoms with Gasteiger partial charge in [-0.2, -0.15) is 13.2 Å². The van der Waals surface area contributed by atoms with E-state index < -0.39 is 37.9 Å². The van der Waals surface area contributed by atoms with Crippen LogP contribution < -0.4 is 9.44 Å². The van der Waals surface area contributed by atoms with Crippen molar-refractivity contribution in [1.82, 2.24) is 0 Å². The number of nitrogens with one attached hydrogen (secondary N) is 2. The van der Waals surface area contributed by atoms with Crippen LogP contribution in [0.2, 0.25) is 0 Å². The van der Waals surface area contributed by atoms with Gasteiger partial charge in [-0.25, -0.2) is 12.6 Å². The summed E-state index contributed by atoms with van der Waals surface area (Å²) < 4.78 is 89.4. The molecule has 0 fully saturated rings. The first-order valence-electron chi connectivity index (χ1n) is 7.68. The van der Waals surface area contributed by atoms with E-state index in [0.29, 0.717) is 16.8 Å². The van der Waals surface area contributed by atoms with Crippen LogP contribution in [0.5, 0.6) is 0 Å². The predicted octanol–water partition coefficient (Wildman–Crippen LogP) is 4.21. The number of rotatable bonds is 5. The van der Waals surface area contributed by atoms with Gasteiger partial charge in [-0.1, -0.05) is 36.4 Å². The van der Waals surface area contributed by atoms with Crippen molar-refractivity contribution in [2.75, 3.05) is 9.44 Å². The Morgan fingerprint density at radius 1 is 0.857 bits per heavy atom. The topological polar surface area (TPSA) is 95.5 Å². The highest BCUT2D eigenvalue weighted by Gasteiger charge is 2.37. The summed E-state index contributed by atoms with van der Waals surface area (Å²) in [5.41, 5.74) is -0.988. The zero-order valence-corrected chi connectivity index (χ0v) is 15.5. The molecule has 3 aromatic rings. The SMILES string of the molecule is O=S(O)Nc1ccc(NS(=O)(=O)c2ccccc2C(F)(F)F)c2ccccc12. The van der Waals surface area contributed by atoms with Gasteiger partial charge in [0.25, 0.3) is 21.3 Å². The van der Waals surface area contributed by atoms with E-state index in [2.05, 4.69) is 9.44 Å². The van der Waals surface area contributed by atoms with Crippen molar-refractivity contribution in [2.45, 2.75) is 11.1 Å². The molecule has 0 radical (unpaired) electrons. The lowest BCUT2D eigenvalue weighted by Gasteiger charge is -2.16. The Balaban J connectivity index is 2.10. The molecule has 11 heteroatoms.